The SMILES string of the molecule is CC(=O)c1nn2c3c(cc(-c4cnc(C)nc4)cc13)CCCCCCC(=O)NC[C@@]13C[C@@H](C(=O)Cc4nc(OC(F)(F)F)ccc4C)N(C(=O)C2)[C@@H]1C3. The van der Waals surface area contributed by atoms with Gasteiger partial charge in [0, 0.05) is 60.8 Å². The summed E-state index contributed by atoms with van der Waals surface area (Å²) in [6.45, 7) is 4.91. The Bertz CT molecular complexity index is 2120. The fourth-order valence-corrected chi connectivity index (χ4v) is 7.91. The van der Waals surface area contributed by atoms with Crippen LogP contribution >= 0.6 is 0 Å². The number of piperidine rings is 1. The Balaban J connectivity index is 1.26. The second kappa shape index (κ2) is 14.0. The number of ether oxygens (including phenoxy) is 1. The number of pyridine rings is 1. The number of hydrogen-bond acceptors (Lipinski definition) is 9. The average molecular weight is 732 g/mol. The van der Waals surface area contributed by atoms with Crippen LogP contribution in [0.2, 0.25) is 0 Å². The second-order valence-corrected chi connectivity index (χ2v) is 14.5. The van der Waals surface area contributed by atoms with Crippen molar-refractivity contribution in [3.63, 3.8) is 0 Å². The third-order valence-electron chi connectivity index (χ3n) is 10.7. The summed E-state index contributed by atoms with van der Waals surface area (Å²) in [6, 6.07) is 5.13. The van der Waals surface area contributed by atoms with Gasteiger partial charge in [-0.2, -0.15) is 5.10 Å². The van der Waals surface area contributed by atoms with Gasteiger partial charge < -0.3 is 15.0 Å². The Morgan fingerprint density at radius 3 is 2.45 bits per heavy atom. The minimum Gasteiger partial charge on any atom is -0.388 e. The Morgan fingerprint density at radius 2 is 1.74 bits per heavy atom. The number of Topliss-reactive ketones (excluding diaryl/α,β-unsaturated/α-hetero) is 2. The van der Waals surface area contributed by atoms with E-state index in [4.69, 9.17) is 0 Å². The van der Waals surface area contributed by atoms with Crippen molar-refractivity contribution in [1.82, 2.24) is 34.9 Å². The van der Waals surface area contributed by atoms with Gasteiger partial charge in [-0.15, -0.1) is 13.2 Å². The van der Waals surface area contributed by atoms with E-state index in [-0.39, 0.29) is 60.2 Å². The summed E-state index contributed by atoms with van der Waals surface area (Å²) in [7, 11) is 0. The van der Waals surface area contributed by atoms with Crippen LogP contribution in [-0.2, 0) is 33.8 Å². The molecule has 2 fully saturated rings. The zero-order chi connectivity index (χ0) is 37.7. The van der Waals surface area contributed by atoms with Crippen LogP contribution in [0, 0.1) is 19.3 Å². The minimum absolute atomic E-state index is 0.0880. The molecule has 53 heavy (non-hydrogen) atoms. The fourth-order valence-electron chi connectivity index (χ4n) is 7.91. The van der Waals surface area contributed by atoms with Gasteiger partial charge in [0.1, 0.15) is 18.1 Å². The number of nitrogens with zero attached hydrogens (tertiary/aromatic N) is 6. The lowest BCUT2D eigenvalue weighted by molar-refractivity contribution is -0.276. The second-order valence-electron chi connectivity index (χ2n) is 14.5. The summed E-state index contributed by atoms with van der Waals surface area (Å²) in [6.07, 6.45) is 3.26. The molecule has 1 saturated carbocycles. The van der Waals surface area contributed by atoms with Gasteiger partial charge in [0.15, 0.2) is 11.6 Å². The largest absolute Gasteiger partial charge is 0.574 e. The Morgan fingerprint density at radius 1 is 1.00 bits per heavy atom. The molecule has 278 valence electrons. The summed E-state index contributed by atoms with van der Waals surface area (Å²) >= 11 is 0. The van der Waals surface area contributed by atoms with Gasteiger partial charge in [-0.05, 0) is 74.8 Å². The third kappa shape index (κ3) is 7.51. The van der Waals surface area contributed by atoms with Crippen LogP contribution in [0.4, 0.5) is 13.2 Å². The number of aryl methyl sites for hydroxylation is 3. The normalized spacial score (nSPS) is 22.3. The van der Waals surface area contributed by atoms with Gasteiger partial charge in [-0.25, -0.2) is 15.0 Å². The molecule has 2 bridgehead atoms. The van der Waals surface area contributed by atoms with Crippen LogP contribution in [-0.4, -0.2) is 78.0 Å². The number of aromatic nitrogens is 5. The summed E-state index contributed by atoms with van der Waals surface area (Å²) in [5.41, 5.74) is 3.45. The van der Waals surface area contributed by atoms with Crippen molar-refractivity contribution in [2.45, 2.75) is 104 Å². The molecule has 0 radical (unpaired) electrons. The predicted octanol–water partition coefficient (Wildman–Crippen LogP) is 5.40. The highest BCUT2D eigenvalue weighted by atomic mass is 19.4. The standard InChI is InChI=1S/C38H40F3N7O5/c1-21-10-11-33(53-38(39,40)41)45-28(21)14-30(50)29-15-37-16-31(37)48(29)34(52)19-47-36-24(8-6-4-5-7-9-32(51)44-20-37)12-25(26-17-42-23(3)43-18-26)13-27(36)35(46-47)22(2)49/h10-13,17-18,29,31H,4-9,14-16,19-20H2,1-3H3,(H,44,51)/t29-,31+,37-/m0/s1. The van der Waals surface area contributed by atoms with E-state index in [9.17, 15) is 32.3 Å². The maximum absolute atomic E-state index is 14.5. The molecule has 12 nitrogen and oxygen atoms in total. The lowest BCUT2D eigenvalue weighted by atomic mass is 9.94. The van der Waals surface area contributed by atoms with Crippen LogP contribution < -0.4 is 10.1 Å². The number of nitrogens with one attached hydrogen (secondary N) is 1. The van der Waals surface area contributed by atoms with Crippen molar-refractivity contribution in [3.8, 4) is 17.0 Å². The van der Waals surface area contributed by atoms with E-state index in [0.717, 1.165) is 42.0 Å². The first-order chi connectivity index (χ1) is 25.2. The highest BCUT2D eigenvalue weighted by Gasteiger charge is 2.66. The van der Waals surface area contributed by atoms with Gasteiger partial charge >= 0.3 is 6.36 Å². The van der Waals surface area contributed by atoms with E-state index in [0.29, 0.717) is 54.5 Å². The van der Waals surface area contributed by atoms with E-state index < -0.39 is 23.7 Å². The number of amides is 2. The molecule has 3 aromatic heterocycles. The molecule has 3 atom stereocenters. The van der Waals surface area contributed by atoms with E-state index in [1.165, 1.54) is 13.0 Å². The van der Waals surface area contributed by atoms with Crippen molar-refractivity contribution < 1.29 is 37.1 Å². The zero-order valence-corrected chi connectivity index (χ0v) is 29.8. The molecule has 0 spiro atoms. The van der Waals surface area contributed by atoms with E-state index in [2.05, 4.69) is 30.1 Å². The summed E-state index contributed by atoms with van der Waals surface area (Å²) in [4.78, 5) is 68.7. The molecule has 2 aliphatic heterocycles. The van der Waals surface area contributed by atoms with Gasteiger partial charge in [-0.1, -0.05) is 18.9 Å². The quantitative estimate of drug-likeness (QED) is 0.257. The van der Waals surface area contributed by atoms with E-state index in [1.807, 2.05) is 12.1 Å². The van der Waals surface area contributed by atoms with Gasteiger partial charge in [0.25, 0.3) is 0 Å². The molecule has 1 saturated heterocycles. The van der Waals surface area contributed by atoms with Crippen LogP contribution in [0.25, 0.3) is 22.0 Å². The predicted molar refractivity (Wildman–Crippen MR) is 186 cm³/mol. The topological polar surface area (TPSA) is 149 Å². The van der Waals surface area contributed by atoms with Crippen LogP contribution in [0.5, 0.6) is 5.88 Å². The third-order valence-corrected chi connectivity index (χ3v) is 10.7. The molecule has 1 aromatic carbocycles. The molecule has 1 aliphatic carbocycles. The number of benzene rings is 1. The molecule has 15 heteroatoms. The highest BCUT2D eigenvalue weighted by molar-refractivity contribution is 6.07. The Kier molecular flexibility index (Phi) is 9.53. The van der Waals surface area contributed by atoms with Crippen LogP contribution in [0.3, 0.4) is 0 Å². The molecule has 0 unspecified atom stereocenters. The Labute approximate surface area is 303 Å². The molecule has 3 aliphatic rings. The van der Waals surface area contributed by atoms with Crippen molar-refractivity contribution >= 4 is 34.3 Å². The smallest absolute Gasteiger partial charge is 0.388 e. The molecular formula is C38H40F3N7O5. The highest BCUT2D eigenvalue weighted by Crippen LogP contribution is 2.59. The number of halogens is 3. The molecule has 1 N–H and O–H groups in total. The number of rotatable bonds is 6. The lowest BCUT2D eigenvalue weighted by Crippen LogP contribution is -2.45. The first kappa shape index (κ1) is 36.2. The average Bonchev–Trinajstić information content (AvgIpc) is 3.51. The van der Waals surface area contributed by atoms with Gasteiger partial charge in [0.05, 0.1) is 23.7 Å². The number of ketones is 2. The zero-order valence-electron chi connectivity index (χ0n) is 29.8. The lowest BCUT2D eigenvalue weighted by Gasteiger charge is -2.27. The van der Waals surface area contributed by atoms with Crippen LogP contribution in [0.15, 0.2) is 36.7 Å². The summed E-state index contributed by atoms with van der Waals surface area (Å²) in [5, 5.41) is 8.32. The number of carbonyl (C=O) groups excluding carboxylic acids is 4. The van der Waals surface area contributed by atoms with Crippen molar-refractivity contribution in [2.24, 2.45) is 5.41 Å². The van der Waals surface area contributed by atoms with Crippen molar-refractivity contribution in [3.05, 3.63) is 65.0 Å². The molecular weight excluding hydrogens is 691 g/mol. The molecule has 2 amide bonds. The maximum Gasteiger partial charge on any atom is 0.574 e. The minimum atomic E-state index is -4.95. The number of hydrogen-bond donors (Lipinski definition) is 1. The molecule has 7 rings (SSSR count). The maximum atomic E-state index is 14.5. The molecule has 5 heterocycles. The molecule has 4 aromatic rings. The number of carbonyl (C=O) groups is 4. The summed E-state index contributed by atoms with van der Waals surface area (Å²) < 4.78 is 44.4. The van der Waals surface area contributed by atoms with Gasteiger partial charge in [-0.3, -0.25) is 23.9 Å². The first-order valence-corrected chi connectivity index (χ1v) is 17.9. The first-order valence-electron chi connectivity index (χ1n) is 17.9. The number of alkyl halides is 3. The van der Waals surface area contributed by atoms with Crippen LogP contribution in [0.1, 0.15) is 85.0 Å². The Hall–Kier alpha value is -5.21. The van der Waals surface area contributed by atoms with E-state index in [1.54, 1.807) is 35.8 Å². The fraction of sp³-hybridized carbons (Fsp3) is 0.474. The van der Waals surface area contributed by atoms with Crippen molar-refractivity contribution in [1.29, 1.82) is 0 Å². The van der Waals surface area contributed by atoms with E-state index >= 15 is 0 Å². The van der Waals surface area contributed by atoms with Crippen molar-refractivity contribution in [2.75, 3.05) is 6.54 Å². The monoisotopic (exact) mass is 731 g/mol. The summed E-state index contributed by atoms with van der Waals surface area (Å²) in [5.74, 6) is -1.18. The van der Waals surface area contributed by atoms with Gasteiger partial charge in [0.2, 0.25) is 17.7 Å².